The number of pyridine rings is 3. The molecule has 1 amide bonds. The first-order valence-electron chi connectivity index (χ1n) is 6.76. The van der Waals surface area contributed by atoms with Gasteiger partial charge in [0.2, 0.25) is 5.88 Å². The number of aromatic nitrogens is 3. The van der Waals surface area contributed by atoms with Crippen LogP contribution in [-0.2, 0) is 0 Å². The number of carbonyl (C=O) groups excluding carboxylic acids is 1. The summed E-state index contributed by atoms with van der Waals surface area (Å²) in [5, 5.41) is 22.6. The van der Waals surface area contributed by atoms with Crippen molar-refractivity contribution >= 4 is 22.6 Å². The van der Waals surface area contributed by atoms with E-state index >= 15 is 0 Å². The van der Waals surface area contributed by atoms with Crippen LogP contribution >= 0.6 is 0 Å². The molecule has 9 nitrogen and oxygen atoms in total. The number of nitrogens with zero attached hydrogens (tertiary/aromatic N) is 3. The Bertz CT molecular complexity index is 982. The van der Waals surface area contributed by atoms with Gasteiger partial charge in [0.1, 0.15) is 5.75 Å². The molecule has 3 N–H and O–H groups in total. The third-order valence-corrected chi connectivity index (χ3v) is 3.32. The number of carbonyl (C=O) groups is 1. The molecular formula is C15H12N4O5. The van der Waals surface area contributed by atoms with Gasteiger partial charge in [-0.1, -0.05) is 0 Å². The predicted octanol–water partition coefficient (Wildman–Crippen LogP) is 0.995. The molecule has 3 aromatic rings. The highest BCUT2D eigenvalue weighted by atomic mass is 16.5. The molecular weight excluding hydrogens is 316 g/mol. The van der Waals surface area contributed by atoms with E-state index in [0.29, 0.717) is 5.88 Å². The van der Waals surface area contributed by atoms with Gasteiger partial charge in [-0.05, 0) is 18.2 Å². The number of rotatable bonds is 3. The lowest BCUT2D eigenvalue weighted by molar-refractivity contribution is 0.101. The normalized spacial score (nSPS) is 10.5. The molecule has 0 bridgehead atoms. The molecule has 0 saturated heterocycles. The molecule has 3 heterocycles. The maximum Gasteiger partial charge on any atom is 0.301 e. The second kappa shape index (κ2) is 5.88. The van der Waals surface area contributed by atoms with Crippen LogP contribution in [0.1, 0.15) is 10.4 Å². The number of hydrogen-bond acceptors (Lipinski definition) is 7. The summed E-state index contributed by atoms with van der Waals surface area (Å²) in [6.45, 7) is 0. The molecule has 0 aromatic carbocycles. The fourth-order valence-corrected chi connectivity index (χ4v) is 2.16. The lowest BCUT2D eigenvalue weighted by Crippen LogP contribution is -2.29. The van der Waals surface area contributed by atoms with Gasteiger partial charge in [-0.3, -0.25) is 9.59 Å². The van der Waals surface area contributed by atoms with Gasteiger partial charge in [-0.25, -0.2) is 9.97 Å². The number of ether oxygens (including phenoxy) is 1. The number of amides is 1. The molecule has 3 aromatic heterocycles. The Balaban J connectivity index is 2.05. The average Bonchev–Trinajstić information content (AvgIpc) is 2.60. The van der Waals surface area contributed by atoms with Gasteiger partial charge in [0.05, 0.1) is 24.4 Å². The van der Waals surface area contributed by atoms with Crippen molar-refractivity contribution in [3.8, 4) is 11.6 Å². The Morgan fingerprint density at radius 3 is 2.75 bits per heavy atom. The van der Waals surface area contributed by atoms with Crippen molar-refractivity contribution in [3.05, 3.63) is 52.6 Å². The van der Waals surface area contributed by atoms with Gasteiger partial charge in [0.25, 0.3) is 5.91 Å². The first kappa shape index (κ1) is 15.3. The van der Waals surface area contributed by atoms with Crippen molar-refractivity contribution in [1.82, 2.24) is 14.7 Å². The monoisotopic (exact) mass is 328 g/mol. The van der Waals surface area contributed by atoms with E-state index < -0.39 is 22.8 Å². The molecule has 0 aliphatic heterocycles. The Kier molecular flexibility index (Phi) is 3.74. The van der Waals surface area contributed by atoms with Crippen molar-refractivity contribution in [2.24, 2.45) is 0 Å². The summed E-state index contributed by atoms with van der Waals surface area (Å²) in [7, 11) is 1.45. The van der Waals surface area contributed by atoms with E-state index in [1.54, 1.807) is 0 Å². The average molecular weight is 328 g/mol. The lowest BCUT2D eigenvalue weighted by atomic mass is 10.1. The number of nitrogens with one attached hydrogen (secondary N) is 1. The fraction of sp³-hybridized carbons (Fsp3) is 0.0667. The van der Waals surface area contributed by atoms with Gasteiger partial charge < -0.3 is 20.4 Å². The quantitative estimate of drug-likeness (QED) is 0.612. The van der Waals surface area contributed by atoms with Crippen LogP contribution in [0.3, 0.4) is 0 Å². The van der Waals surface area contributed by atoms with Crippen LogP contribution in [0.15, 0.2) is 41.5 Å². The predicted molar refractivity (Wildman–Crippen MR) is 83.6 cm³/mol. The van der Waals surface area contributed by atoms with Crippen molar-refractivity contribution < 1.29 is 19.8 Å². The van der Waals surface area contributed by atoms with E-state index in [1.165, 1.54) is 43.8 Å². The van der Waals surface area contributed by atoms with Gasteiger partial charge in [-0.2, -0.15) is 0 Å². The SMILES string of the molecule is COc1ccc(NC(=O)c2c(O)c3cccnc3n(O)c2=O)cn1. The van der Waals surface area contributed by atoms with Gasteiger partial charge >= 0.3 is 5.56 Å². The zero-order valence-electron chi connectivity index (χ0n) is 12.4. The summed E-state index contributed by atoms with van der Waals surface area (Å²) in [6, 6.07) is 5.96. The zero-order valence-corrected chi connectivity index (χ0v) is 12.4. The van der Waals surface area contributed by atoms with Crippen LogP contribution in [0.2, 0.25) is 0 Å². The highest BCUT2D eigenvalue weighted by molar-refractivity contribution is 6.08. The van der Waals surface area contributed by atoms with Gasteiger partial charge in [0, 0.05) is 12.3 Å². The summed E-state index contributed by atoms with van der Waals surface area (Å²) in [4.78, 5) is 32.2. The first-order chi connectivity index (χ1) is 11.5. The number of fused-ring (bicyclic) bond motifs is 1. The number of anilines is 1. The van der Waals surface area contributed by atoms with Gasteiger partial charge in [0.15, 0.2) is 11.2 Å². The molecule has 9 heteroatoms. The van der Waals surface area contributed by atoms with Crippen molar-refractivity contribution in [2.75, 3.05) is 12.4 Å². The molecule has 0 fully saturated rings. The summed E-state index contributed by atoms with van der Waals surface area (Å²) < 4.78 is 5.12. The van der Waals surface area contributed by atoms with E-state index in [0.717, 1.165) is 0 Å². The largest absolute Gasteiger partial charge is 0.506 e. The molecule has 0 saturated carbocycles. The third kappa shape index (κ3) is 2.47. The lowest BCUT2D eigenvalue weighted by Gasteiger charge is -2.10. The van der Waals surface area contributed by atoms with Crippen LogP contribution < -0.4 is 15.6 Å². The first-order valence-corrected chi connectivity index (χ1v) is 6.76. The molecule has 0 aliphatic carbocycles. The van der Waals surface area contributed by atoms with E-state index in [1.807, 2.05) is 0 Å². The number of hydrogen-bond donors (Lipinski definition) is 3. The van der Waals surface area contributed by atoms with Crippen LogP contribution in [0.25, 0.3) is 11.0 Å². The summed E-state index contributed by atoms with van der Waals surface area (Å²) in [5.74, 6) is -1.10. The maximum atomic E-state index is 12.3. The van der Waals surface area contributed by atoms with Crippen LogP contribution in [-0.4, -0.2) is 38.0 Å². The zero-order chi connectivity index (χ0) is 17.3. The minimum absolute atomic E-state index is 0.0672. The maximum absolute atomic E-state index is 12.3. The van der Waals surface area contributed by atoms with Crippen molar-refractivity contribution in [1.29, 1.82) is 0 Å². The smallest absolute Gasteiger partial charge is 0.301 e. The molecule has 24 heavy (non-hydrogen) atoms. The van der Waals surface area contributed by atoms with E-state index in [4.69, 9.17) is 4.74 Å². The molecule has 0 radical (unpaired) electrons. The molecule has 122 valence electrons. The van der Waals surface area contributed by atoms with E-state index in [-0.39, 0.29) is 21.5 Å². The third-order valence-electron chi connectivity index (χ3n) is 3.32. The highest BCUT2D eigenvalue weighted by Crippen LogP contribution is 2.25. The molecule has 3 rings (SSSR count). The fourth-order valence-electron chi connectivity index (χ4n) is 2.16. The summed E-state index contributed by atoms with van der Waals surface area (Å²) in [5.41, 5.74) is -1.55. The molecule has 0 atom stereocenters. The Morgan fingerprint density at radius 1 is 1.29 bits per heavy atom. The van der Waals surface area contributed by atoms with E-state index in [9.17, 15) is 19.9 Å². The summed E-state index contributed by atoms with van der Waals surface area (Å²) >= 11 is 0. The Hall–Kier alpha value is -3.62. The highest BCUT2D eigenvalue weighted by Gasteiger charge is 2.23. The van der Waals surface area contributed by atoms with Crippen LogP contribution in [0.5, 0.6) is 11.6 Å². The standard InChI is InChI=1S/C15H12N4O5/c1-24-10-5-4-8(7-17-10)18-14(21)11-12(20)9-3-2-6-16-13(9)19(23)15(11)22/h2-7,20,23H,1H3,(H,18,21). The minimum atomic E-state index is -1.09. The molecule has 0 aliphatic rings. The van der Waals surface area contributed by atoms with E-state index in [2.05, 4.69) is 15.3 Å². The molecule has 0 spiro atoms. The minimum Gasteiger partial charge on any atom is -0.506 e. The number of aromatic hydroxyl groups is 1. The van der Waals surface area contributed by atoms with Crippen molar-refractivity contribution in [2.45, 2.75) is 0 Å². The second-order valence-corrected chi connectivity index (χ2v) is 4.76. The Morgan fingerprint density at radius 2 is 2.08 bits per heavy atom. The number of methoxy groups -OCH3 is 1. The second-order valence-electron chi connectivity index (χ2n) is 4.76. The molecule has 0 unspecified atom stereocenters. The van der Waals surface area contributed by atoms with Crippen molar-refractivity contribution in [3.63, 3.8) is 0 Å². The Labute approximate surface area is 134 Å². The van der Waals surface area contributed by atoms with Crippen LogP contribution in [0.4, 0.5) is 5.69 Å². The van der Waals surface area contributed by atoms with Crippen LogP contribution in [0, 0.1) is 0 Å². The van der Waals surface area contributed by atoms with Gasteiger partial charge in [-0.15, -0.1) is 4.73 Å². The topological polar surface area (TPSA) is 127 Å². The summed E-state index contributed by atoms with van der Waals surface area (Å²) in [6.07, 6.45) is 2.67.